The van der Waals surface area contributed by atoms with Gasteiger partial charge >= 0.3 is 6.03 Å². The second-order valence-corrected chi connectivity index (χ2v) is 6.06. The van der Waals surface area contributed by atoms with Gasteiger partial charge < -0.3 is 15.8 Å². The third kappa shape index (κ3) is 3.52. The fourth-order valence-electron chi connectivity index (χ4n) is 2.90. The molecule has 144 valence electrons. The standard InChI is InChI=1S/C20H20N4O4/c1-3-15(22-16-7-5-4-6-14(16)21)17-18(25)23-20(27)24(19(17)26)12-8-10-13(28-2)11-9-12/h3-11,17,22H,21H2,1-2H3,(H,23,25,27). The maximum absolute atomic E-state index is 13.1. The number of barbiturate groups is 1. The van der Waals surface area contributed by atoms with Gasteiger partial charge in [-0.3, -0.25) is 14.9 Å². The molecule has 8 nitrogen and oxygen atoms in total. The molecule has 0 spiro atoms. The highest BCUT2D eigenvalue weighted by molar-refractivity contribution is 6.29. The van der Waals surface area contributed by atoms with Gasteiger partial charge in [0.05, 0.1) is 24.2 Å². The summed E-state index contributed by atoms with van der Waals surface area (Å²) in [5.74, 6) is -2.00. The van der Waals surface area contributed by atoms with Crippen LogP contribution >= 0.6 is 0 Å². The van der Waals surface area contributed by atoms with Crippen LogP contribution in [-0.4, -0.2) is 25.0 Å². The third-order valence-corrected chi connectivity index (χ3v) is 4.36. The molecule has 1 saturated heterocycles. The minimum absolute atomic E-state index is 0.325. The van der Waals surface area contributed by atoms with Crippen LogP contribution in [0.1, 0.15) is 6.92 Å². The second-order valence-electron chi connectivity index (χ2n) is 6.06. The van der Waals surface area contributed by atoms with Crippen LogP contribution in [0.15, 0.2) is 60.3 Å². The molecule has 1 aliphatic rings. The highest BCUT2D eigenvalue weighted by Crippen LogP contribution is 2.28. The van der Waals surface area contributed by atoms with Crippen LogP contribution in [0.2, 0.25) is 0 Å². The number of ether oxygens (including phenoxy) is 1. The summed E-state index contributed by atoms with van der Waals surface area (Å²) in [6, 6.07) is 12.6. The van der Waals surface area contributed by atoms with Crippen LogP contribution in [0.5, 0.6) is 5.75 Å². The van der Waals surface area contributed by atoms with Crippen LogP contribution < -0.4 is 26.0 Å². The third-order valence-electron chi connectivity index (χ3n) is 4.36. The number of nitrogens with two attached hydrogens (primary N) is 1. The number of nitrogen functional groups attached to an aromatic ring is 1. The predicted molar refractivity (Wildman–Crippen MR) is 106 cm³/mol. The maximum atomic E-state index is 13.1. The Hall–Kier alpha value is -3.81. The predicted octanol–water partition coefficient (Wildman–Crippen LogP) is 2.49. The molecule has 2 aromatic carbocycles. The number of carbonyl (C=O) groups is 3. The number of rotatable bonds is 5. The number of carbonyl (C=O) groups excluding carboxylic acids is 3. The monoisotopic (exact) mass is 380 g/mol. The lowest BCUT2D eigenvalue weighted by Gasteiger charge is -2.31. The summed E-state index contributed by atoms with van der Waals surface area (Å²) in [6.45, 7) is 1.69. The Kier molecular flexibility index (Phi) is 5.30. The summed E-state index contributed by atoms with van der Waals surface area (Å²) < 4.78 is 5.09. The number of nitrogens with zero attached hydrogens (tertiary/aromatic N) is 1. The van der Waals surface area contributed by atoms with E-state index in [1.807, 2.05) is 0 Å². The quantitative estimate of drug-likeness (QED) is 0.542. The van der Waals surface area contributed by atoms with Gasteiger partial charge in [0.1, 0.15) is 5.75 Å². The zero-order chi connectivity index (χ0) is 20.3. The number of urea groups is 1. The van der Waals surface area contributed by atoms with Crippen molar-refractivity contribution in [2.75, 3.05) is 23.1 Å². The average Bonchev–Trinajstić information content (AvgIpc) is 2.68. The zero-order valence-corrected chi connectivity index (χ0v) is 15.4. The van der Waals surface area contributed by atoms with E-state index in [4.69, 9.17) is 10.5 Å². The topological polar surface area (TPSA) is 114 Å². The fourth-order valence-corrected chi connectivity index (χ4v) is 2.90. The van der Waals surface area contributed by atoms with Gasteiger partial charge in [-0.25, -0.2) is 9.69 Å². The number of methoxy groups -OCH3 is 1. The lowest BCUT2D eigenvalue weighted by Crippen LogP contribution is -2.59. The van der Waals surface area contributed by atoms with E-state index in [2.05, 4.69) is 10.6 Å². The molecule has 3 rings (SSSR count). The molecule has 0 aromatic heterocycles. The minimum atomic E-state index is -1.22. The molecule has 8 heteroatoms. The Balaban J connectivity index is 1.93. The van der Waals surface area contributed by atoms with Gasteiger partial charge in [0.15, 0.2) is 5.92 Å². The van der Waals surface area contributed by atoms with Crippen molar-refractivity contribution in [3.05, 3.63) is 60.3 Å². The number of imide groups is 2. The first kappa shape index (κ1) is 19.0. The van der Waals surface area contributed by atoms with Crippen LogP contribution in [0.4, 0.5) is 21.9 Å². The molecule has 0 saturated carbocycles. The first-order valence-corrected chi connectivity index (χ1v) is 8.57. The SMILES string of the molecule is CC=C(Nc1ccccc1N)C1C(=O)NC(=O)N(c2ccc(OC)cc2)C1=O. The van der Waals surface area contributed by atoms with Gasteiger partial charge in [0, 0.05) is 5.70 Å². The Bertz CT molecular complexity index is 953. The van der Waals surface area contributed by atoms with E-state index < -0.39 is 23.8 Å². The highest BCUT2D eigenvalue weighted by atomic mass is 16.5. The summed E-state index contributed by atoms with van der Waals surface area (Å²) in [4.78, 5) is 38.8. The lowest BCUT2D eigenvalue weighted by molar-refractivity contribution is -0.132. The number of hydrogen-bond donors (Lipinski definition) is 3. The molecule has 0 bridgehead atoms. The maximum Gasteiger partial charge on any atom is 0.335 e. The number of hydrogen-bond acceptors (Lipinski definition) is 6. The first-order valence-electron chi connectivity index (χ1n) is 8.57. The van der Waals surface area contributed by atoms with Crippen LogP contribution in [0, 0.1) is 5.92 Å². The molecule has 1 fully saturated rings. The molecule has 4 N–H and O–H groups in total. The Labute approximate surface area is 162 Å². The lowest BCUT2D eigenvalue weighted by atomic mass is 9.99. The minimum Gasteiger partial charge on any atom is -0.497 e. The molecule has 1 unspecified atom stereocenters. The Morgan fingerprint density at radius 1 is 1.14 bits per heavy atom. The highest BCUT2D eigenvalue weighted by Gasteiger charge is 2.43. The van der Waals surface area contributed by atoms with Crippen molar-refractivity contribution in [1.29, 1.82) is 0 Å². The van der Waals surface area contributed by atoms with E-state index in [1.54, 1.807) is 61.5 Å². The summed E-state index contributed by atoms with van der Waals surface area (Å²) in [6.07, 6.45) is 1.61. The zero-order valence-electron chi connectivity index (χ0n) is 15.4. The van der Waals surface area contributed by atoms with Crippen molar-refractivity contribution in [3.63, 3.8) is 0 Å². The van der Waals surface area contributed by atoms with Crippen molar-refractivity contribution in [2.45, 2.75) is 6.92 Å². The largest absolute Gasteiger partial charge is 0.497 e. The molecule has 28 heavy (non-hydrogen) atoms. The Morgan fingerprint density at radius 2 is 1.82 bits per heavy atom. The average molecular weight is 380 g/mol. The van der Waals surface area contributed by atoms with Crippen molar-refractivity contribution in [1.82, 2.24) is 5.32 Å². The number of allylic oxidation sites excluding steroid dienone is 1. The number of amides is 4. The van der Waals surface area contributed by atoms with E-state index in [1.165, 1.54) is 7.11 Å². The Morgan fingerprint density at radius 3 is 2.43 bits per heavy atom. The van der Waals surface area contributed by atoms with Gasteiger partial charge in [-0.1, -0.05) is 18.2 Å². The number of benzene rings is 2. The molecular formula is C20H20N4O4. The van der Waals surface area contributed by atoms with Crippen molar-refractivity contribution >= 4 is 34.9 Å². The van der Waals surface area contributed by atoms with Gasteiger partial charge in [-0.2, -0.15) is 0 Å². The molecular weight excluding hydrogens is 360 g/mol. The first-order chi connectivity index (χ1) is 13.5. The van der Waals surface area contributed by atoms with Crippen LogP contribution in [0.25, 0.3) is 0 Å². The normalized spacial score (nSPS) is 17.4. The fraction of sp³-hybridized carbons (Fsp3) is 0.150. The molecule has 2 aromatic rings. The van der Waals surface area contributed by atoms with E-state index >= 15 is 0 Å². The molecule has 4 amide bonds. The van der Waals surface area contributed by atoms with E-state index in [0.29, 0.717) is 28.5 Å². The molecule has 1 aliphatic heterocycles. The van der Waals surface area contributed by atoms with Crippen LogP contribution in [0.3, 0.4) is 0 Å². The molecule has 1 heterocycles. The summed E-state index contributed by atoms with van der Waals surface area (Å²) in [5.41, 5.74) is 7.62. The van der Waals surface area contributed by atoms with E-state index in [-0.39, 0.29) is 0 Å². The van der Waals surface area contributed by atoms with E-state index in [0.717, 1.165) is 4.90 Å². The summed E-state index contributed by atoms with van der Waals surface area (Å²) >= 11 is 0. The van der Waals surface area contributed by atoms with Gasteiger partial charge in [0.25, 0.3) is 5.91 Å². The van der Waals surface area contributed by atoms with Crippen molar-refractivity contribution in [3.8, 4) is 5.75 Å². The molecule has 0 radical (unpaired) electrons. The summed E-state index contributed by atoms with van der Waals surface area (Å²) in [7, 11) is 1.52. The smallest absolute Gasteiger partial charge is 0.335 e. The molecule has 0 aliphatic carbocycles. The number of nitrogens with one attached hydrogen (secondary N) is 2. The number of anilines is 3. The van der Waals surface area contributed by atoms with Gasteiger partial charge in [-0.05, 0) is 43.3 Å². The van der Waals surface area contributed by atoms with Crippen molar-refractivity contribution < 1.29 is 19.1 Å². The van der Waals surface area contributed by atoms with Crippen molar-refractivity contribution in [2.24, 2.45) is 5.92 Å². The van der Waals surface area contributed by atoms with Crippen LogP contribution in [-0.2, 0) is 9.59 Å². The summed E-state index contributed by atoms with van der Waals surface area (Å²) in [5, 5.41) is 5.27. The van der Waals surface area contributed by atoms with Gasteiger partial charge in [-0.15, -0.1) is 0 Å². The molecule has 1 atom stereocenters. The second kappa shape index (κ2) is 7.83. The van der Waals surface area contributed by atoms with Gasteiger partial charge in [0.2, 0.25) is 5.91 Å². The van der Waals surface area contributed by atoms with E-state index in [9.17, 15) is 14.4 Å². The number of para-hydroxylation sites is 2.